The molecule has 1 aromatic heterocycles. The number of ether oxygens (including phenoxy) is 1. The molecule has 7 heteroatoms. The number of aliphatic imine (C=N–C) groups is 1. The lowest BCUT2D eigenvalue weighted by Gasteiger charge is -2.38. The molecule has 6 nitrogen and oxygen atoms in total. The Kier molecular flexibility index (Phi) is 4.12. The molecular formula is C21H21FN4O2. The van der Waals surface area contributed by atoms with Gasteiger partial charge in [0.1, 0.15) is 24.5 Å². The van der Waals surface area contributed by atoms with E-state index in [1.165, 1.54) is 6.07 Å². The number of carbonyl (C=O) groups excluding carboxylic acids is 1. The molecule has 0 N–H and O–H groups in total. The maximum absolute atomic E-state index is 13.9. The molecular weight excluding hydrogens is 359 g/mol. The number of methoxy groups -OCH3 is 1. The van der Waals surface area contributed by atoms with Crippen molar-refractivity contribution in [2.45, 2.75) is 31.9 Å². The van der Waals surface area contributed by atoms with E-state index in [-0.39, 0.29) is 24.3 Å². The zero-order valence-corrected chi connectivity index (χ0v) is 15.6. The first kappa shape index (κ1) is 17.3. The second-order valence-corrected chi connectivity index (χ2v) is 7.58. The molecule has 3 heterocycles. The summed E-state index contributed by atoms with van der Waals surface area (Å²) in [6, 6.07) is 4.90. The van der Waals surface area contributed by atoms with Crippen molar-refractivity contribution in [2.24, 2.45) is 10.9 Å². The van der Waals surface area contributed by atoms with Gasteiger partial charge in [-0.2, -0.15) is 0 Å². The second kappa shape index (κ2) is 6.67. The van der Waals surface area contributed by atoms with E-state index < -0.39 is 0 Å². The van der Waals surface area contributed by atoms with Gasteiger partial charge >= 0.3 is 0 Å². The number of halogens is 1. The van der Waals surface area contributed by atoms with Crippen LogP contribution in [0.5, 0.6) is 0 Å². The van der Waals surface area contributed by atoms with Crippen LogP contribution in [0, 0.1) is 11.7 Å². The number of rotatable bonds is 3. The molecule has 0 bridgehead atoms. The highest BCUT2D eigenvalue weighted by Gasteiger charge is 2.43. The minimum absolute atomic E-state index is 0.00893. The average molecular weight is 380 g/mol. The van der Waals surface area contributed by atoms with E-state index in [1.807, 2.05) is 21.7 Å². The topological polar surface area (TPSA) is 59.7 Å². The normalized spacial score (nSPS) is 21.6. The van der Waals surface area contributed by atoms with Crippen molar-refractivity contribution in [3.8, 4) is 0 Å². The van der Waals surface area contributed by atoms with Gasteiger partial charge in [0.15, 0.2) is 0 Å². The summed E-state index contributed by atoms with van der Waals surface area (Å²) >= 11 is 0. The largest absolute Gasteiger partial charge is 0.378 e. The Balaban J connectivity index is 1.62. The molecule has 144 valence electrons. The Morgan fingerprint density at radius 2 is 2.18 bits per heavy atom. The van der Waals surface area contributed by atoms with Crippen LogP contribution in [0.3, 0.4) is 0 Å². The Hall–Kier alpha value is -2.80. The van der Waals surface area contributed by atoms with Gasteiger partial charge in [-0.05, 0) is 48.9 Å². The zero-order valence-electron chi connectivity index (χ0n) is 15.6. The predicted octanol–water partition coefficient (Wildman–Crippen LogP) is 2.63. The van der Waals surface area contributed by atoms with E-state index in [2.05, 4.69) is 9.98 Å². The molecule has 1 saturated carbocycles. The van der Waals surface area contributed by atoms with E-state index in [4.69, 9.17) is 4.74 Å². The standard InChI is InChI=1S/C21H21FN4O2/c1-28-11-16-10-25(12-24-16)20-8-19-17-5-4-15(22)6-14(17)7-18(13-2-3-13)26(19)21(27)9-23-20/h4-6,8,10,12-13,18H,2-3,7,9,11H2,1H3. The number of fused-ring (bicyclic) bond motifs is 3. The highest BCUT2D eigenvalue weighted by atomic mass is 19.1. The van der Waals surface area contributed by atoms with Crippen LogP contribution in [0.2, 0.25) is 0 Å². The molecule has 1 fully saturated rings. The van der Waals surface area contributed by atoms with Crippen LogP contribution in [0.4, 0.5) is 4.39 Å². The van der Waals surface area contributed by atoms with Crippen LogP contribution in [0.15, 0.2) is 41.8 Å². The van der Waals surface area contributed by atoms with Gasteiger partial charge in [-0.3, -0.25) is 14.4 Å². The number of allylic oxidation sites excluding steroid dienone is 1. The van der Waals surface area contributed by atoms with Crippen molar-refractivity contribution < 1.29 is 13.9 Å². The number of carbonyl (C=O) groups is 1. The lowest BCUT2D eigenvalue weighted by molar-refractivity contribution is -0.128. The molecule has 28 heavy (non-hydrogen) atoms. The molecule has 0 radical (unpaired) electrons. The Labute approximate surface area is 162 Å². The van der Waals surface area contributed by atoms with Crippen LogP contribution in [0.1, 0.15) is 29.7 Å². The van der Waals surface area contributed by atoms with Crippen LogP contribution in [-0.2, 0) is 22.6 Å². The van der Waals surface area contributed by atoms with E-state index in [0.717, 1.165) is 35.4 Å². The van der Waals surface area contributed by atoms with Gasteiger partial charge in [0, 0.05) is 31.0 Å². The fourth-order valence-electron chi connectivity index (χ4n) is 4.19. The summed E-state index contributed by atoms with van der Waals surface area (Å²) in [5.41, 5.74) is 3.46. The summed E-state index contributed by atoms with van der Waals surface area (Å²) in [6.45, 7) is 0.501. The summed E-state index contributed by atoms with van der Waals surface area (Å²) in [7, 11) is 1.62. The molecule has 3 aliphatic rings. The summed E-state index contributed by atoms with van der Waals surface area (Å²) < 4.78 is 20.8. The fraction of sp³-hybridized carbons (Fsp3) is 0.381. The molecule has 1 amide bonds. The molecule has 1 aliphatic carbocycles. The van der Waals surface area contributed by atoms with Crippen molar-refractivity contribution >= 4 is 17.4 Å². The number of aromatic nitrogens is 2. The molecule has 1 atom stereocenters. The highest BCUT2D eigenvalue weighted by Crippen LogP contribution is 2.44. The van der Waals surface area contributed by atoms with Gasteiger partial charge in [0.2, 0.25) is 5.91 Å². The van der Waals surface area contributed by atoms with E-state index in [1.54, 1.807) is 25.6 Å². The molecule has 2 aromatic rings. The molecule has 0 saturated heterocycles. The highest BCUT2D eigenvalue weighted by molar-refractivity contribution is 6.06. The summed E-state index contributed by atoms with van der Waals surface area (Å²) in [4.78, 5) is 23.8. The first-order valence-electron chi connectivity index (χ1n) is 9.53. The minimum atomic E-state index is -0.241. The monoisotopic (exact) mass is 380 g/mol. The number of imidazole rings is 1. The van der Waals surface area contributed by atoms with Crippen molar-refractivity contribution in [3.63, 3.8) is 0 Å². The first-order valence-corrected chi connectivity index (χ1v) is 9.53. The van der Waals surface area contributed by atoms with E-state index in [9.17, 15) is 9.18 Å². The third-order valence-corrected chi connectivity index (χ3v) is 5.63. The van der Waals surface area contributed by atoms with Crippen molar-refractivity contribution in [2.75, 3.05) is 13.7 Å². The van der Waals surface area contributed by atoms with E-state index in [0.29, 0.717) is 24.8 Å². The lowest BCUT2D eigenvalue weighted by Crippen LogP contribution is -2.45. The summed E-state index contributed by atoms with van der Waals surface area (Å²) in [5.74, 6) is 0.875. The Morgan fingerprint density at radius 3 is 2.96 bits per heavy atom. The predicted molar refractivity (Wildman–Crippen MR) is 102 cm³/mol. The number of benzene rings is 1. The van der Waals surface area contributed by atoms with Gasteiger partial charge in [-0.1, -0.05) is 0 Å². The Morgan fingerprint density at radius 1 is 1.32 bits per heavy atom. The maximum atomic E-state index is 13.9. The minimum Gasteiger partial charge on any atom is -0.378 e. The Bertz CT molecular complexity index is 1010. The zero-order chi connectivity index (χ0) is 19.3. The van der Waals surface area contributed by atoms with Gasteiger partial charge < -0.3 is 9.64 Å². The van der Waals surface area contributed by atoms with Crippen LogP contribution >= 0.6 is 0 Å². The van der Waals surface area contributed by atoms with Crippen molar-refractivity contribution in [1.29, 1.82) is 0 Å². The molecule has 5 rings (SSSR count). The molecule has 1 aromatic carbocycles. The van der Waals surface area contributed by atoms with Crippen molar-refractivity contribution in [3.05, 3.63) is 59.4 Å². The van der Waals surface area contributed by atoms with Crippen LogP contribution in [0.25, 0.3) is 5.70 Å². The smallest absolute Gasteiger partial charge is 0.249 e. The third kappa shape index (κ3) is 2.96. The van der Waals surface area contributed by atoms with Gasteiger partial charge in [0.25, 0.3) is 0 Å². The number of hydrogen-bond donors (Lipinski definition) is 0. The number of hydrogen-bond acceptors (Lipinski definition) is 4. The average Bonchev–Trinajstić information content (AvgIpc) is 3.45. The molecule has 2 aliphatic heterocycles. The summed E-state index contributed by atoms with van der Waals surface area (Å²) in [5, 5.41) is 0. The quantitative estimate of drug-likeness (QED) is 0.823. The van der Waals surface area contributed by atoms with Gasteiger partial charge in [-0.25, -0.2) is 9.37 Å². The lowest BCUT2D eigenvalue weighted by atomic mass is 9.88. The van der Waals surface area contributed by atoms with Crippen LogP contribution < -0.4 is 0 Å². The second-order valence-electron chi connectivity index (χ2n) is 7.58. The number of nitrogens with zero attached hydrogens (tertiary/aromatic N) is 4. The molecule has 1 unspecified atom stereocenters. The SMILES string of the molecule is COCc1cn(C2=NCC(=O)N3C(=C2)c2ccc(F)cc2CC3C2CC2)cn1. The summed E-state index contributed by atoms with van der Waals surface area (Å²) in [6.07, 6.45) is 8.38. The van der Waals surface area contributed by atoms with Crippen LogP contribution in [-0.4, -0.2) is 45.9 Å². The third-order valence-electron chi connectivity index (χ3n) is 5.63. The fourth-order valence-corrected chi connectivity index (χ4v) is 4.19. The van der Waals surface area contributed by atoms with Crippen molar-refractivity contribution in [1.82, 2.24) is 14.5 Å². The molecule has 0 spiro atoms. The number of amides is 1. The van der Waals surface area contributed by atoms with Gasteiger partial charge in [-0.15, -0.1) is 0 Å². The van der Waals surface area contributed by atoms with Gasteiger partial charge in [0.05, 0.1) is 18.0 Å². The first-order chi connectivity index (χ1) is 13.6. The van der Waals surface area contributed by atoms with E-state index >= 15 is 0 Å². The maximum Gasteiger partial charge on any atom is 0.249 e.